The molecule has 0 saturated carbocycles. The van der Waals surface area contributed by atoms with Gasteiger partial charge < -0.3 is 10.6 Å². The number of alkyl halides is 3. The van der Waals surface area contributed by atoms with Gasteiger partial charge >= 0.3 is 6.18 Å². The van der Waals surface area contributed by atoms with E-state index in [1.165, 1.54) is 23.2 Å². The first-order valence-corrected chi connectivity index (χ1v) is 9.62. The zero-order chi connectivity index (χ0) is 23.5. The monoisotopic (exact) mass is 464 g/mol. The Morgan fingerprint density at radius 2 is 1.81 bits per heavy atom. The Hall–Kier alpha value is -3.46. The zero-order valence-corrected chi connectivity index (χ0v) is 17.5. The number of aliphatic imine (C=N–C) groups is 1. The lowest BCUT2D eigenvalue weighted by molar-refractivity contribution is -0.139. The molecule has 1 amide bonds. The highest BCUT2D eigenvalue weighted by molar-refractivity contribution is 6.29. The molecule has 166 valence electrons. The maximum absolute atomic E-state index is 13.8. The molecule has 0 unspecified atom stereocenters. The van der Waals surface area contributed by atoms with Crippen LogP contribution >= 0.6 is 11.6 Å². The van der Waals surface area contributed by atoms with Gasteiger partial charge in [0.2, 0.25) is 5.96 Å². The van der Waals surface area contributed by atoms with E-state index in [4.69, 9.17) is 17.3 Å². The number of anilines is 1. The molecule has 1 heterocycles. The number of nitrogens with zero attached hydrogens (tertiary/aromatic N) is 3. The highest BCUT2D eigenvalue weighted by Crippen LogP contribution is 2.34. The Kier molecular flexibility index (Phi) is 6.78. The number of benzene rings is 2. The average Bonchev–Trinajstić information content (AvgIpc) is 2.73. The van der Waals surface area contributed by atoms with Crippen molar-refractivity contribution in [2.45, 2.75) is 19.6 Å². The number of aromatic nitrogens is 1. The second kappa shape index (κ2) is 9.35. The maximum Gasteiger partial charge on any atom is 0.419 e. The van der Waals surface area contributed by atoms with E-state index >= 15 is 0 Å². The van der Waals surface area contributed by atoms with Crippen molar-refractivity contribution in [2.75, 3.05) is 4.90 Å². The van der Waals surface area contributed by atoms with E-state index in [2.05, 4.69) is 9.98 Å². The minimum atomic E-state index is -4.91. The molecule has 0 saturated heterocycles. The first kappa shape index (κ1) is 23.2. The fourth-order valence-electron chi connectivity index (χ4n) is 2.84. The Labute approximate surface area is 186 Å². The van der Waals surface area contributed by atoms with Crippen LogP contribution in [0.25, 0.3) is 0 Å². The first-order valence-electron chi connectivity index (χ1n) is 9.24. The van der Waals surface area contributed by atoms with Crippen molar-refractivity contribution in [1.29, 1.82) is 0 Å². The van der Waals surface area contributed by atoms with Crippen LogP contribution in [0, 0.1) is 12.7 Å². The van der Waals surface area contributed by atoms with Crippen molar-refractivity contribution >= 4 is 29.2 Å². The smallest absolute Gasteiger partial charge is 0.369 e. The van der Waals surface area contributed by atoms with E-state index in [9.17, 15) is 22.4 Å². The quantitative estimate of drug-likeness (QED) is 0.244. The summed E-state index contributed by atoms with van der Waals surface area (Å²) in [5.41, 5.74) is 6.26. The fraction of sp³-hybridized carbons (Fsp3) is 0.136. The molecule has 10 heteroatoms. The van der Waals surface area contributed by atoms with Gasteiger partial charge in [-0.05, 0) is 42.8 Å². The van der Waals surface area contributed by atoms with Gasteiger partial charge in [-0.1, -0.05) is 41.4 Å². The first-order chi connectivity index (χ1) is 15.0. The van der Waals surface area contributed by atoms with Crippen LogP contribution in [-0.2, 0) is 12.7 Å². The highest BCUT2D eigenvalue weighted by atomic mass is 35.5. The molecule has 0 spiro atoms. The predicted octanol–water partition coefficient (Wildman–Crippen LogP) is 5.36. The summed E-state index contributed by atoms with van der Waals surface area (Å²) in [6.07, 6.45) is -3.61. The molecule has 0 aliphatic heterocycles. The molecular weight excluding hydrogens is 448 g/mol. The molecular formula is C22H17ClF4N4O. The molecule has 2 aromatic carbocycles. The number of hydrogen-bond donors (Lipinski definition) is 1. The SMILES string of the molecule is Cc1ccc(CN(C(N)=NC(=O)c2ccnc(Cl)c2)c2ccc(F)c(C(F)(F)F)c2)cc1. The lowest BCUT2D eigenvalue weighted by atomic mass is 10.1. The van der Waals surface area contributed by atoms with Crippen LogP contribution in [0.5, 0.6) is 0 Å². The maximum atomic E-state index is 13.8. The Morgan fingerprint density at radius 1 is 1.12 bits per heavy atom. The van der Waals surface area contributed by atoms with E-state index in [1.807, 2.05) is 19.1 Å². The van der Waals surface area contributed by atoms with Gasteiger partial charge in [-0.3, -0.25) is 4.79 Å². The summed E-state index contributed by atoms with van der Waals surface area (Å²) in [5.74, 6) is -2.56. The largest absolute Gasteiger partial charge is 0.419 e. The van der Waals surface area contributed by atoms with E-state index in [-0.39, 0.29) is 28.9 Å². The van der Waals surface area contributed by atoms with Crippen molar-refractivity contribution in [3.05, 3.63) is 94.0 Å². The summed E-state index contributed by atoms with van der Waals surface area (Å²) in [5, 5.41) is 0.0643. The van der Waals surface area contributed by atoms with Crippen LogP contribution in [0.4, 0.5) is 23.2 Å². The topological polar surface area (TPSA) is 71.6 Å². The van der Waals surface area contributed by atoms with Crippen molar-refractivity contribution in [3.8, 4) is 0 Å². The minimum absolute atomic E-state index is 0.0110. The number of rotatable bonds is 4. The number of nitrogens with two attached hydrogens (primary N) is 1. The fourth-order valence-corrected chi connectivity index (χ4v) is 3.02. The lowest BCUT2D eigenvalue weighted by Crippen LogP contribution is -2.38. The minimum Gasteiger partial charge on any atom is -0.369 e. The molecule has 1 aromatic heterocycles. The number of carbonyl (C=O) groups excluding carboxylic acids is 1. The van der Waals surface area contributed by atoms with E-state index in [0.29, 0.717) is 17.7 Å². The Bertz CT molecular complexity index is 1160. The number of hydrogen-bond acceptors (Lipinski definition) is 2. The number of halogens is 5. The van der Waals surface area contributed by atoms with E-state index in [1.54, 1.807) is 12.1 Å². The zero-order valence-electron chi connectivity index (χ0n) is 16.7. The van der Waals surface area contributed by atoms with Crippen LogP contribution in [0.3, 0.4) is 0 Å². The van der Waals surface area contributed by atoms with Crippen molar-refractivity contribution < 1.29 is 22.4 Å². The van der Waals surface area contributed by atoms with Gasteiger partial charge in [0.15, 0.2) is 0 Å². The second-order valence-electron chi connectivity index (χ2n) is 6.88. The highest BCUT2D eigenvalue weighted by Gasteiger charge is 2.35. The van der Waals surface area contributed by atoms with Gasteiger partial charge in [0.25, 0.3) is 5.91 Å². The third-order valence-electron chi connectivity index (χ3n) is 4.49. The Balaban J connectivity index is 2.04. The Morgan fingerprint density at radius 3 is 2.44 bits per heavy atom. The number of amides is 1. The number of guanidine groups is 1. The molecule has 5 nitrogen and oxygen atoms in total. The van der Waals surface area contributed by atoms with Crippen LogP contribution < -0.4 is 10.6 Å². The molecule has 2 N–H and O–H groups in total. The molecule has 0 atom stereocenters. The van der Waals surface area contributed by atoms with Crippen LogP contribution in [-0.4, -0.2) is 16.9 Å². The van der Waals surface area contributed by atoms with Crippen molar-refractivity contribution in [2.24, 2.45) is 10.7 Å². The molecule has 0 radical (unpaired) electrons. The summed E-state index contributed by atoms with van der Waals surface area (Å²) in [6, 6.07) is 12.3. The van der Waals surface area contributed by atoms with E-state index < -0.39 is 23.5 Å². The van der Waals surface area contributed by atoms with Gasteiger partial charge in [-0.2, -0.15) is 18.2 Å². The predicted molar refractivity (Wildman–Crippen MR) is 114 cm³/mol. The van der Waals surface area contributed by atoms with Gasteiger partial charge in [0.1, 0.15) is 11.0 Å². The summed E-state index contributed by atoms with van der Waals surface area (Å²) in [4.78, 5) is 21.3. The van der Waals surface area contributed by atoms with E-state index in [0.717, 1.165) is 11.6 Å². The molecule has 0 bridgehead atoms. The summed E-state index contributed by atoms with van der Waals surface area (Å²) in [7, 11) is 0. The van der Waals surface area contributed by atoms with Gasteiger partial charge in [0, 0.05) is 17.4 Å². The molecule has 0 fully saturated rings. The second-order valence-corrected chi connectivity index (χ2v) is 7.26. The van der Waals surface area contributed by atoms with Gasteiger partial charge in [-0.25, -0.2) is 9.37 Å². The number of pyridine rings is 1. The summed E-state index contributed by atoms with van der Waals surface area (Å²) < 4.78 is 53.5. The molecule has 0 aliphatic rings. The number of carbonyl (C=O) groups is 1. The van der Waals surface area contributed by atoms with Crippen LogP contribution in [0.2, 0.25) is 5.15 Å². The summed E-state index contributed by atoms with van der Waals surface area (Å²) in [6.45, 7) is 1.87. The molecule has 3 rings (SSSR count). The van der Waals surface area contributed by atoms with Crippen LogP contribution in [0.1, 0.15) is 27.0 Å². The van der Waals surface area contributed by atoms with Gasteiger partial charge in [0.05, 0.1) is 12.1 Å². The van der Waals surface area contributed by atoms with Crippen molar-refractivity contribution in [1.82, 2.24) is 4.98 Å². The number of aryl methyl sites for hydroxylation is 1. The third-order valence-corrected chi connectivity index (χ3v) is 4.70. The standard InChI is InChI=1S/C22H17ClF4N4O/c1-13-2-4-14(5-3-13)12-31(16-6-7-18(24)17(11-16)22(25,26)27)21(28)30-20(32)15-8-9-29-19(23)10-15/h2-11H,12H2,1H3,(H2,28,30,32). The molecule has 0 aliphatic carbocycles. The average molecular weight is 465 g/mol. The molecule has 32 heavy (non-hydrogen) atoms. The third kappa shape index (κ3) is 5.61. The van der Waals surface area contributed by atoms with Crippen LogP contribution in [0.15, 0.2) is 65.8 Å². The lowest BCUT2D eigenvalue weighted by Gasteiger charge is -2.25. The van der Waals surface area contributed by atoms with Crippen molar-refractivity contribution in [3.63, 3.8) is 0 Å². The summed E-state index contributed by atoms with van der Waals surface area (Å²) >= 11 is 5.78. The molecule has 3 aromatic rings. The normalized spacial score (nSPS) is 12.0. The van der Waals surface area contributed by atoms with Gasteiger partial charge in [-0.15, -0.1) is 0 Å².